The standard InChI is InChI=1S/C17H26N4O/c22-19-15-7-3-1-2-4-8-16(15)20-11-13-21(14-12-20)17-9-5-6-10-18-17/h5-6,9-10,16,22H,1-4,7-8,11-14H2/b19-15-/t16-/m0/s1. The Labute approximate surface area is 132 Å². The molecule has 1 aliphatic carbocycles. The number of hydrogen-bond donors (Lipinski definition) is 1. The zero-order valence-corrected chi connectivity index (χ0v) is 13.2. The Morgan fingerprint density at radius 1 is 1.05 bits per heavy atom. The van der Waals surface area contributed by atoms with Gasteiger partial charge in [0.1, 0.15) is 5.82 Å². The van der Waals surface area contributed by atoms with Crippen molar-refractivity contribution in [2.45, 2.75) is 44.6 Å². The Bertz CT molecular complexity index is 483. The number of aromatic nitrogens is 1. The van der Waals surface area contributed by atoms with Crippen LogP contribution >= 0.6 is 0 Å². The van der Waals surface area contributed by atoms with E-state index in [2.05, 4.69) is 26.0 Å². The molecule has 1 aromatic rings. The first-order valence-electron chi connectivity index (χ1n) is 8.49. The molecule has 1 aliphatic heterocycles. The summed E-state index contributed by atoms with van der Waals surface area (Å²) in [6.07, 6.45) is 8.90. The summed E-state index contributed by atoms with van der Waals surface area (Å²) in [5, 5.41) is 13.0. The van der Waals surface area contributed by atoms with Crippen LogP contribution in [0.25, 0.3) is 0 Å². The van der Waals surface area contributed by atoms with Crippen molar-refractivity contribution in [3.05, 3.63) is 24.4 Å². The Kier molecular flexibility index (Phi) is 5.27. The van der Waals surface area contributed by atoms with Crippen LogP contribution in [0.2, 0.25) is 0 Å². The molecular weight excluding hydrogens is 276 g/mol. The van der Waals surface area contributed by atoms with Crippen molar-refractivity contribution in [2.75, 3.05) is 31.1 Å². The molecule has 2 fully saturated rings. The molecule has 0 bridgehead atoms. The highest BCUT2D eigenvalue weighted by Gasteiger charge is 2.28. The number of anilines is 1. The summed E-state index contributed by atoms with van der Waals surface area (Å²) in [4.78, 5) is 9.28. The number of pyridine rings is 1. The van der Waals surface area contributed by atoms with E-state index in [0.717, 1.165) is 57.0 Å². The van der Waals surface area contributed by atoms with Gasteiger partial charge in [0.2, 0.25) is 0 Å². The van der Waals surface area contributed by atoms with Gasteiger partial charge in [0.05, 0.1) is 11.8 Å². The van der Waals surface area contributed by atoms with Crippen LogP contribution in [0, 0.1) is 0 Å². The van der Waals surface area contributed by atoms with E-state index >= 15 is 0 Å². The van der Waals surface area contributed by atoms with Crippen LogP contribution in [-0.4, -0.2) is 53.0 Å². The fourth-order valence-corrected chi connectivity index (χ4v) is 3.64. The average molecular weight is 302 g/mol. The molecule has 5 nitrogen and oxygen atoms in total. The Morgan fingerprint density at radius 2 is 1.86 bits per heavy atom. The fraction of sp³-hybridized carbons (Fsp3) is 0.647. The molecule has 5 heteroatoms. The number of oxime groups is 1. The fourth-order valence-electron chi connectivity index (χ4n) is 3.64. The van der Waals surface area contributed by atoms with E-state index in [1.54, 1.807) is 0 Å². The van der Waals surface area contributed by atoms with Gasteiger partial charge in [0, 0.05) is 32.4 Å². The van der Waals surface area contributed by atoms with Crippen molar-refractivity contribution >= 4 is 11.5 Å². The van der Waals surface area contributed by atoms with Crippen molar-refractivity contribution in [2.24, 2.45) is 5.16 Å². The molecule has 2 heterocycles. The van der Waals surface area contributed by atoms with Crippen LogP contribution in [0.5, 0.6) is 0 Å². The Balaban J connectivity index is 1.61. The lowest BCUT2D eigenvalue weighted by Gasteiger charge is -2.40. The average Bonchev–Trinajstić information content (AvgIpc) is 2.56. The molecule has 2 aliphatic rings. The molecule has 0 amide bonds. The van der Waals surface area contributed by atoms with Gasteiger partial charge in [-0.3, -0.25) is 4.90 Å². The van der Waals surface area contributed by atoms with E-state index in [0.29, 0.717) is 6.04 Å². The van der Waals surface area contributed by atoms with Gasteiger partial charge < -0.3 is 10.1 Å². The maximum absolute atomic E-state index is 9.38. The van der Waals surface area contributed by atoms with Crippen LogP contribution in [0.4, 0.5) is 5.82 Å². The molecule has 0 unspecified atom stereocenters. The van der Waals surface area contributed by atoms with Gasteiger partial charge in [-0.2, -0.15) is 0 Å². The maximum atomic E-state index is 9.38. The van der Waals surface area contributed by atoms with E-state index in [9.17, 15) is 5.21 Å². The highest BCUT2D eigenvalue weighted by atomic mass is 16.4. The number of nitrogens with zero attached hydrogens (tertiary/aromatic N) is 4. The summed E-state index contributed by atoms with van der Waals surface area (Å²) < 4.78 is 0. The van der Waals surface area contributed by atoms with E-state index in [1.165, 1.54) is 19.3 Å². The van der Waals surface area contributed by atoms with E-state index in [-0.39, 0.29) is 0 Å². The highest BCUT2D eigenvalue weighted by molar-refractivity contribution is 5.89. The SMILES string of the molecule is O/N=C1/CCCCCC[C@@H]1N1CCN(c2ccccn2)CC1. The quantitative estimate of drug-likeness (QED) is 0.674. The lowest BCUT2D eigenvalue weighted by molar-refractivity contribution is 0.205. The minimum absolute atomic E-state index is 0.330. The predicted octanol–water partition coefficient (Wildman–Crippen LogP) is 2.76. The summed E-state index contributed by atoms with van der Waals surface area (Å²) in [5.74, 6) is 1.07. The summed E-state index contributed by atoms with van der Waals surface area (Å²) in [6.45, 7) is 4.01. The van der Waals surface area contributed by atoms with Crippen molar-refractivity contribution in [3.63, 3.8) is 0 Å². The molecule has 3 rings (SSSR count). The van der Waals surface area contributed by atoms with Gasteiger partial charge in [0.25, 0.3) is 0 Å². The van der Waals surface area contributed by atoms with Gasteiger partial charge in [-0.05, 0) is 31.4 Å². The van der Waals surface area contributed by atoms with Gasteiger partial charge in [-0.15, -0.1) is 0 Å². The van der Waals surface area contributed by atoms with Gasteiger partial charge >= 0.3 is 0 Å². The largest absolute Gasteiger partial charge is 0.411 e. The van der Waals surface area contributed by atoms with Gasteiger partial charge in [0.15, 0.2) is 0 Å². The van der Waals surface area contributed by atoms with Gasteiger partial charge in [-0.1, -0.05) is 30.5 Å². The van der Waals surface area contributed by atoms with Gasteiger partial charge in [-0.25, -0.2) is 4.98 Å². The molecular formula is C17H26N4O. The zero-order chi connectivity index (χ0) is 15.2. The zero-order valence-electron chi connectivity index (χ0n) is 13.2. The topological polar surface area (TPSA) is 52.0 Å². The second-order valence-electron chi connectivity index (χ2n) is 6.27. The third-order valence-electron chi connectivity index (χ3n) is 4.90. The van der Waals surface area contributed by atoms with Crippen LogP contribution in [-0.2, 0) is 0 Å². The van der Waals surface area contributed by atoms with Crippen LogP contribution in [0.1, 0.15) is 38.5 Å². The van der Waals surface area contributed by atoms with E-state index < -0.39 is 0 Å². The van der Waals surface area contributed by atoms with E-state index in [4.69, 9.17) is 0 Å². The molecule has 0 aromatic carbocycles. The van der Waals surface area contributed by atoms with Crippen molar-refractivity contribution < 1.29 is 5.21 Å². The van der Waals surface area contributed by atoms with Crippen molar-refractivity contribution in [1.29, 1.82) is 0 Å². The van der Waals surface area contributed by atoms with Crippen molar-refractivity contribution in [1.82, 2.24) is 9.88 Å². The Morgan fingerprint density at radius 3 is 2.59 bits per heavy atom. The van der Waals surface area contributed by atoms with Crippen molar-refractivity contribution in [3.8, 4) is 0 Å². The minimum atomic E-state index is 0.330. The summed E-state index contributed by atoms with van der Waals surface area (Å²) in [6, 6.07) is 6.40. The molecule has 1 aromatic heterocycles. The smallest absolute Gasteiger partial charge is 0.128 e. The minimum Gasteiger partial charge on any atom is -0.411 e. The summed E-state index contributed by atoms with van der Waals surface area (Å²) in [7, 11) is 0. The lowest BCUT2D eigenvalue weighted by Crippen LogP contribution is -2.53. The number of piperazine rings is 1. The van der Waals surface area contributed by atoms with E-state index in [1.807, 2.05) is 18.3 Å². The van der Waals surface area contributed by atoms with Crippen LogP contribution < -0.4 is 4.90 Å². The molecule has 22 heavy (non-hydrogen) atoms. The molecule has 0 radical (unpaired) electrons. The summed E-state index contributed by atoms with van der Waals surface area (Å²) >= 11 is 0. The first-order chi connectivity index (χ1) is 10.9. The monoisotopic (exact) mass is 302 g/mol. The maximum Gasteiger partial charge on any atom is 0.128 e. The molecule has 0 spiro atoms. The molecule has 1 saturated carbocycles. The molecule has 1 saturated heterocycles. The first-order valence-corrected chi connectivity index (χ1v) is 8.49. The number of rotatable bonds is 2. The molecule has 120 valence electrons. The predicted molar refractivity (Wildman–Crippen MR) is 88.7 cm³/mol. The number of hydrogen-bond acceptors (Lipinski definition) is 5. The second-order valence-corrected chi connectivity index (χ2v) is 6.27. The summed E-state index contributed by atoms with van der Waals surface area (Å²) in [5.41, 5.74) is 0.992. The normalized spacial score (nSPS) is 26.6. The first kappa shape index (κ1) is 15.3. The molecule has 1 atom stereocenters. The van der Waals surface area contributed by atoms with Crippen LogP contribution in [0.3, 0.4) is 0 Å². The lowest BCUT2D eigenvalue weighted by atomic mass is 9.93. The third-order valence-corrected chi connectivity index (χ3v) is 4.90. The van der Waals surface area contributed by atoms with Crippen LogP contribution in [0.15, 0.2) is 29.6 Å². The highest BCUT2D eigenvalue weighted by Crippen LogP contribution is 2.22. The Hall–Kier alpha value is -1.62. The third kappa shape index (κ3) is 3.58. The molecule has 1 N–H and O–H groups in total. The second kappa shape index (κ2) is 7.58.